The number of carbonyl (C=O) groups excluding carboxylic acids is 2. The molecule has 6 heteroatoms. The normalized spacial score (nSPS) is 12.0. The summed E-state index contributed by atoms with van der Waals surface area (Å²) in [5.74, 6) is -0.638. The molecule has 0 N–H and O–H groups in total. The minimum absolute atomic E-state index is 0.221. The first-order valence-corrected chi connectivity index (χ1v) is 8.96. The molecule has 0 aliphatic carbocycles. The van der Waals surface area contributed by atoms with Gasteiger partial charge in [-0.3, -0.25) is 9.59 Å². The predicted molar refractivity (Wildman–Crippen MR) is 102 cm³/mol. The quantitative estimate of drug-likeness (QED) is 0.514. The van der Waals surface area contributed by atoms with Crippen LogP contribution in [0.25, 0.3) is 16.3 Å². The van der Waals surface area contributed by atoms with Crippen LogP contribution in [0.4, 0.5) is 0 Å². The lowest BCUT2D eigenvalue weighted by atomic mass is 10.2. The van der Waals surface area contributed by atoms with Crippen LogP contribution in [0.3, 0.4) is 0 Å². The van der Waals surface area contributed by atoms with Crippen LogP contribution in [0.2, 0.25) is 0 Å². The number of methoxy groups -OCH3 is 1. The molecule has 0 aliphatic heterocycles. The molecule has 0 unspecified atom stereocenters. The fourth-order valence-corrected chi connectivity index (χ4v) is 3.55. The molecule has 3 aromatic rings. The fourth-order valence-electron chi connectivity index (χ4n) is 2.49. The summed E-state index contributed by atoms with van der Waals surface area (Å²) in [7, 11) is 1.36. The Kier molecular flexibility index (Phi) is 5.76. The summed E-state index contributed by atoms with van der Waals surface area (Å²) in [6.45, 7) is 0.408. The van der Waals surface area contributed by atoms with Gasteiger partial charge in [0.25, 0.3) is 5.91 Å². The Morgan fingerprint density at radius 3 is 2.62 bits per heavy atom. The molecule has 1 aromatic heterocycles. The Balaban J connectivity index is 1.92. The smallest absolute Gasteiger partial charge is 0.307 e. The summed E-state index contributed by atoms with van der Waals surface area (Å²) in [6, 6.07) is 17.4. The van der Waals surface area contributed by atoms with Crippen LogP contribution < -0.4 is 4.80 Å². The molecular weight excluding hydrogens is 348 g/mol. The van der Waals surface area contributed by atoms with Gasteiger partial charge in [0.2, 0.25) is 0 Å². The van der Waals surface area contributed by atoms with Crippen LogP contribution in [0.5, 0.6) is 0 Å². The highest BCUT2D eigenvalue weighted by molar-refractivity contribution is 7.16. The Hall–Kier alpha value is -2.99. The Bertz CT molecular complexity index is 1020. The van der Waals surface area contributed by atoms with Crippen molar-refractivity contribution in [3.8, 4) is 0 Å². The topological polar surface area (TPSA) is 60.7 Å². The standard InChI is InChI=1S/C20H18N2O3S/c1-25-19(24)13-14-22-16-9-5-6-10-17(16)26-20(22)21-18(23)12-11-15-7-3-2-4-8-15/h2-12H,13-14H2,1H3/b12-11+,21-20?. The van der Waals surface area contributed by atoms with Crippen molar-refractivity contribution < 1.29 is 14.3 Å². The van der Waals surface area contributed by atoms with E-state index >= 15 is 0 Å². The minimum Gasteiger partial charge on any atom is -0.469 e. The summed E-state index contributed by atoms with van der Waals surface area (Å²) < 4.78 is 7.60. The number of benzene rings is 2. The molecular formula is C20H18N2O3S. The molecule has 5 nitrogen and oxygen atoms in total. The first kappa shape index (κ1) is 17.8. The largest absolute Gasteiger partial charge is 0.469 e. The van der Waals surface area contributed by atoms with Crippen LogP contribution in [-0.4, -0.2) is 23.6 Å². The molecule has 0 atom stereocenters. The number of hydrogen-bond donors (Lipinski definition) is 0. The van der Waals surface area contributed by atoms with Crippen molar-refractivity contribution in [1.29, 1.82) is 0 Å². The zero-order valence-electron chi connectivity index (χ0n) is 14.3. The molecule has 0 fully saturated rings. The summed E-state index contributed by atoms with van der Waals surface area (Å²) in [4.78, 5) is 28.5. The lowest BCUT2D eigenvalue weighted by Crippen LogP contribution is -2.18. The number of carbonyl (C=O) groups is 2. The van der Waals surface area contributed by atoms with Gasteiger partial charge >= 0.3 is 5.97 Å². The number of aromatic nitrogens is 1. The van der Waals surface area contributed by atoms with Gasteiger partial charge in [0, 0.05) is 12.6 Å². The number of aryl methyl sites for hydroxylation is 1. The first-order valence-electron chi connectivity index (χ1n) is 8.14. The Morgan fingerprint density at radius 1 is 1.12 bits per heavy atom. The molecule has 1 amide bonds. The van der Waals surface area contributed by atoms with E-state index in [2.05, 4.69) is 4.99 Å². The van der Waals surface area contributed by atoms with Crippen LogP contribution in [0.1, 0.15) is 12.0 Å². The van der Waals surface area contributed by atoms with Gasteiger partial charge < -0.3 is 9.30 Å². The third-order valence-electron chi connectivity index (χ3n) is 3.78. The van der Waals surface area contributed by atoms with Gasteiger partial charge in [-0.15, -0.1) is 0 Å². The molecule has 0 radical (unpaired) electrons. The lowest BCUT2D eigenvalue weighted by molar-refractivity contribution is -0.140. The number of para-hydroxylation sites is 1. The van der Waals surface area contributed by atoms with Crippen molar-refractivity contribution in [2.24, 2.45) is 4.99 Å². The average molecular weight is 366 g/mol. The second-order valence-corrected chi connectivity index (χ2v) is 6.53. The zero-order chi connectivity index (χ0) is 18.4. The average Bonchev–Trinajstić information content (AvgIpc) is 3.02. The van der Waals surface area contributed by atoms with Crippen LogP contribution in [-0.2, 0) is 20.9 Å². The van der Waals surface area contributed by atoms with E-state index < -0.39 is 0 Å². The predicted octanol–water partition coefficient (Wildman–Crippen LogP) is 3.41. The molecule has 2 aromatic carbocycles. The first-order chi connectivity index (χ1) is 12.7. The highest BCUT2D eigenvalue weighted by Crippen LogP contribution is 2.17. The van der Waals surface area contributed by atoms with E-state index in [1.54, 1.807) is 6.08 Å². The summed E-state index contributed by atoms with van der Waals surface area (Å²) in [6.07, 6.45) is 3.40. The second kappa shape index (κ2) is 8.40. The Morgan fingerprint density at radius 2 is 1.85 bits per heavy atom. The summed E-state index contributed by atoms with van der Waals surface area (Å²) >= 11 is 1.42. The lowest BCUT2D eigenvalue weighted by Gasteiger charge is -2.03. The van der Waals surface area contributed by atoms with Crippen molar-refractivity contribution in [2.45, 2.75) is 13.0 Å². The number of amides is 1. The molecule has 26 heavy (non-hydrogen) atoms. The number of nitrogens with zero attached hydrogens (tertiary/aromatic N) is 2. The van der Waals surface area contributed by atoms with Crippen LogP contribution >= 0.6 is 11.3 Å². The number of ether oxygens (including phenoxy) is 1. The van der Waals surface area contributed by atoms with E-state index in [4.69, 9.17) is 4.74 Å². The molecule has 0 saturated heterocycles. The molecule has 0 bridgehead atoms. The van der Waals surface area contributed by atoms with Gasteiger partial charge in [-0.1, -0.05) is 53.8 Å². The summed E-state index contributed by atoms with van der Waals surface area (Å²) in [5, 5.41) is 0. The highest BCUT2D eigenvalue weighted by Gasteiger charge is 2.09. The van der Waals surface area contributed by atoms with Crippen molar-refractivity contribution in [3.05, 3.63) is 71.0 Å². The monoisotopic (exact) mass is 366 g/mol. The number of fused-ring (bicyclic) bond motifs is 1. The zero-order valence-corrected chi connectivity index (χ0v) is 15.1. The maximum atomic E-state index is 12.3. The van der Waals surface area contributed by atoms with Crippen molar-refractivity contribution >= 4 is 39.5 Å². The number of rotatable bonds is 5. The van der Waals surface area contributed by atoms with Crippen molar-refractivity contribution in [1.82, 2.24) is 4.57 Å². The third-order valence-corrected chi connectivity index (χ3v) is 4.84. The SMILES string of the molecule is COC(=O)CCn1c(=NC(=O)/C=C/c2ccccc2)sc2ccccc21. The minimum atomic E-state index is -0.341. The van der Waals surface area contributed by atoms with Crippen molar-refractivity contribution in [3.63, 3.8) is 0 Å². The van der Waals surface area contributed by atoms with Gasteiger partial charge in [-0.05, 0) is 23.8 Å². The van der Waals surface area contributed by atoms with Gasteiger partial charge in [0.1, 0.15) is 0 Å². The highest BCUT2D eigenvalue weighted by atomic mass is 32.1. The molecule has 0 saturated carbocycles. The van der Waals surface area contributed by atoms with E-state index in [1.165, 1.54) is 24.5 Å². The number of hydrogen-bond acceptors (Lipinski definition) is 4. The molecule has 0 spiro atoms. The number of thiazole rings is 1. The molecule has 1 heterocycles. The van der Waals surface area contributed by atoms with Crippen molar-refractivity contribution in [2.75, 3.05) is 7.11 Å². The Labute approximate surface area is 154 Å². The maximum absolute atomic E-state index is 12.3. The van der Waals surface area contributed by atoms with Gasteiger partial charge in [0.15, 0.2) is 4.80 Å². The summed E-state index contributed by atoms with van der Waals surface area (Å²) in [5.41, 5.74) is 1.88. The van der Waals surface area contributed by atoms with E-state index in [0.717, 1.165) is 15.8 Å². The second-order valence-electron chi connectivity index (χ2n) is 5.52. The van der Waals surface area contributed by atoms with Crippen LogP contribution in [0.15, 0.2) is 65.7 Å². The van der Waals surface area contributed by atoms with Gasteiger partial charge in [-0.2, -0.15) is 4.99 Å². The van der Waals surface area contributed by atoms with E-state index in [9.17, 15) is 9.59 Å². The molecule has 0 aliphatic rings. The van der Waals surface area contributed by atoms with Crippen LogP contribution in [0, 0.1) is 0 Å². The van der Waals surface area contributed by atoms with E-state index in [1.807, 2.05) is 59.2 Å². The molecule has 132 valence electrons. The van der Waals surface area contributed by atoms with E-state index in [-0.39, 0.29) is 18.3 Å². The fraction of sp³-hybridized carbons (Fsp3) is 0.150. The van der Waals surface area contributed by atoms with E-state index in [0.29, 0.717) is 11.3 Å². The van der Waals surface area contributed by atoms with Gasteiger partial charge in [-0.25, -0.2) is 0 Å². The third kappa shape index (κ3) is 4.34. The molecule has 3 rings (SSSR count). The number of esters is 1. The maximum Gasteiger partial charge on any atom is 0.307 e. The van der Waals surface area contributed by atoms with Gasteiger partial charge in [0.05, 0.1) is 23.7 Å².